The van der Waals surface area contributed by atoms with Gasteiger partial charge in [-0.05, 0) is 24.8 Å². The highest BCUT2D eigenvalue weighted by Crippen LogP contribution is 2.18. The topological polar surface area (TPSA) is 38.0 Å². The van der Waals surface area contributed by atoms with Crippen LogP contribution in [0.2, 0.25) is 0 Å². The van der Waals surface area contributed by atoms with Gasteiger partial charge in [-0.25, -0.2) is 4.98 Å². The van der Waals surface area contributed by atoms with Gasteiger partial charge >= 0.3 is 0 Å². The Morgan fingerprint density at radius 2 is 2.17 bits per heavy atom. The standard InChI is InChI=1S/C14H20N2OS/c1-3-6-14-15-12-7-4-5-8-13(12)16(14)9-11(17)10-18-2/h4-5,7-8,11,17H,3,6,9-10H2,1-2H3/t11-/m0/s1. The minimum Gasteiger partial charge on any atom is -0.390 e. The average Bonchev–Trinajstić information content (AvgIpc) is 2.69. The molecule has 0 bridgehead atoms. The maximum Gasteiger partial charge on any atom is 0.109 e. The first-order valence-electron chi connectivity index (χ1n) is 6.37. The number of benzene rings is 1. The summed E-state index contributed by atoms with van der Waals surface area (Å²) in [6, 6.07) is 8.14. The Morgan fingerprint density at radius 3 is 2.89 bits per heavy atom. The molecule has 0 aliphatic heterocycles. The lowest BCUT2D eigenvalue weighted by molar-refractivity contribution is 0.178. The Hall–Kier alpha value is -1.00. The summed E-state index contributed by atoms with van der Waals surface area (Å²) in [6.45, 7) is 2.79. The number of fused-ring (bicyclic) bond motifs is 1. The molecule has 0 fully saturated rings. The molecular weight excluding hydrogens is 244 g/mol. The molecule has 0 aliphatic rings. The Morgan fingerprint density at radius 1 is 1.39 bits per heavy atom. The van der Waals surface area contributed by atoms with Crippen LogP contribution in [-0.2, 0) is 13.0 Å². The SMILES string of the molecule is CCCc1nc2ccccc2n1C[C@H](O)CSC. The first kappa shape index (κ1) is 13.4. The fraction of sp³-hybridized carbons (Fsp3) is 0.500. The van der Waals surface area contributed by atoms with Crippen molar-refractivity contribution < 1.29 is 5.11 Å². The van der Waals surface area contributed by atoms with E-state index in [9.17, 15) is 5.11 Å². The summed E-state index contributed by atoms with van der Waals surface area (Å²) in [5, 5.41) is 10.0. The largest absolute Gasteiger partial charge is 0.390 e. The molecule has 0 amide bonds. The van der Waals surface area contributed by atoms with Crippen molar-refractivity contribution in [2.75, 3.05) is 12.0 Å². The van der Waals surface area contributed by atoms with E-state index in [2.05, 4.69) is 22.5 Å². The average molecular weight is 264 g/mol. The molecule has 2 aromatic rings. The lowest BCUT2D eigenvalue weighted by Gasteiger charge is -2.13. The second-order valence-electron chi connectivity index (χ2n) is 4.49. The van der Waals surface area contributed by atoms with Crippen LogP contribution in [0.3, 0.4) is 0 Å². The van der Waals surface area contributed by atoms with Gasteiger partial charge in [-0.1, -0.05) is 19.1 Å². The molecule has 98 valence electrons. The van der Waals surface area contributed by atoms with Gasteiger partial charge in [0, 0.05) is 12.2 Å². The molecule has 0 aliphatic carbocycles. The van der Waals surface area contributed by atoms with Gasteiger partial charge in [0.2, 0.25) is 0 Å². The molecule has 2 rings (SSSR count). The van der Waals surface area contributed by atoms with E-state index in [4.69, 9.17) is 0 Å². The number of thioether (sulfide) groups is 1. The highest BCUT2D eigenvalue weighted by atomic mass is 32.2. The molecule has 4 heteroatoms. The van der Waals surface area contributed by atoms with E-state index in [1.165, 1.54) is 0 Å². The number of imidazole rings is 1. The third-order valence-corrected chi connectivity index (χ3v) is 3.68. The lowest BCUT2D eigenvalue weighted by Crippen LogP contribution is -2.20. The summed E-state index contributed by atoms with van der Waals surface area (Å²) in [5.74, 6) is 1.84. The van der Waals surface area contributed by atoms with E-state index in [0.717, 1.165) is 35.5 Å². The number of aliphatic hydroxyl groups is 1. The van der Waals surface area contributed by atoms with Gasteiger partial charge in [0.05, 0.1) is 23.7 Å². The van der Waals surface area contributed by atoms with Crippen LogP contribution in [0.1, 0.15) is 19.2 Å². The van der Waals surface area contributed by atoms with E-state index in [0.29, 0.717) is 6.54 Å². The first-order chi connectivity index (χ1) is 8.76. The molecule has 1 aromatic heterocycles. The van der Waals surface area contributed by atoms with E-state index in [1.54, 1.807) is 11.8 Å². The molecule has 0 unspecified atom stereocenters. The number of rotatable bonds is 6. The number of aryl methyl sites for hydroxylation is 1. The summed E-state index contributed by atoms with van der Waals surface area (Å²) < 4.78 is 2.17. The number of aromatic nitrogens is 2. The van der Waals surface area contributed by atoms with Gasteiger partial charge in [0.25, 0.3) is 0 Å². The molecule has 0 saturated heterocycles. The molecule has 1 atom stereocenters. The van der Waals surface area contributed by atoms with Crippen molar-refractivity contribution in [3.63, 3.8) is 0 Å². The second kappa shape index (κ2) is 6.25. The normalized spacial score (nSPS) is 13.1. The summed E-state index contributed by atoms with van der Waals surface area (Å²) in [5.41, 5.74) is 2.15. The van der Waals surface area contributed by atoms with Crippen molar-refractivity contribution in [1.29, 1.82) is 0 Å². The molecule has 3 nitrogen and oxygen atoms in total. The molecule has 18 heavy (non-hydrogen) atoms. The predicted molar refractivity (Wildman–Crippen MR) is 78.1 cm³/mol. The van der Waals surface area contributed by atoms with Crippen molar-refractivity contribution in [1.82, 2.24) is 9.55 Å². The van der Waals surface area contributed by atoms with E-state index in [1.807, 2.05) is 24.5 Å². The minimum atomic E-state index is -0.312. The fourth-order valence-corrected chi connectivity index (χ4v) is 2.69. The smallest absolute Gasteiger partial charge is 0.109 e. The van der Waals surface area contributed by atoms with Crippen LogP contribution in [0.5, 0.6) is 0 Å². The number of para-hydroxylation sites is 2. The van der Waals surface area contributed by atoms with E-state index < -0.39 is 0 Å². The third-order valence-electron chi connectivity index (χ3n) is 2.96. The van der Waals surface area contributed by atoms with Crippen LogP contribution < -0.4 is 0 Å². The highest BCUT2D eigenvalue weighted by molar-refractivity contribution is 7.98. The van der Waals surface area contributed by atoms with Crippen molar-refractivity contribution >= 4 is 22.8 Å². The Labute approximate surface area is 112 Å². The Bertz CT molecular complexity index is 509. The van der Waals surface area contributed by atoms with Crippen LogP contribution >= 0.6 is 11.8 Å². The molecule has 1 heterocycles. The van der Waals surface area contributed by atoms with Crippen molar-refractivity contribution in [3.8, 4) is 0 Å². The number of aliphatic hydroxyl groups excluding tert-OH is 1. The van der Waals surface area contributed by atoms with Gasteiger partial charge < -0.3 is 9.67 Å². The van der Waals surface area contributed by atoms with Crippen molar-refractivity contribution in [3.05, 3.63) is 30.1 Å². The van der Waals surface area contributed by atoms with Gasteiger partial charge in [-0.15, -0.1) is 0 Å². The summed E-state index contributed by atoms with van der Waals surface area (Å²) in [4.78, 5) is 4.66. The zero-order chi connectivity index (χ0) is 13.0. The van der Waals surface area contributed by atoms with E-state index in [-0.39, 0.29) is 6.10 Å². The Balaban J connectivity index is 2.35. The van der Waals surface area contributed by atoms with Crippen LogP contribution in [0.15, 0.2) is 24.3 Å². The lowest BCUT2D eigenvalue weighted by atomic mass is 10.3. The highest BCUT2D eigenvalue weighted by Gasteiger charge is 2.13. The zero-order valence-electron chi connectivity index (χ0n) is 11.0. The van der Waals surface area contributed by atoms with Crippen LogP contribution in [0.4, 0.5) is 0 Å². The number of hydrogen-bond donors (Lipinski definition) is 1. The predicted octanol–water partition coefficient (Wildman–Crippen LogP) is 2.71. The van der Waals surface area contributed by atoms with Crippen molar-refractivity contribution in [2.24, 2.45) is 0 Å². The zero-order valence-corrected chi connectivity index (χ0v) is 11.8. The fourth-order valence-electron chi connectivity index (χ4n) is 2.20. The maximum absolute atomic E-state index is 10.0. The summed E-state index contributed by atoms with van der Waals surface area (Å²) >= 11 is 1.67. The number of nitrogens with zero attached hydrogens (tertiary/aromatic N) is 2. The van der Waals surface area contributed by atoms with Gasteiger partial charge in [0.15, 0.2) is 0 Å². The van der Waals surface area contributed by atoms with E-state index >= 15 is 0 Å². The van der Waals surface area contributed by atoms with Gasteiger partial charge in [-0.2, -0.15) is 11.8 Å². The maximum atomic E-state index is 10.0. The molecule has 1 N–H and O–H groups in total. The molecule has 0 radical (unpaired) electrons. The Kier molecular flexibility index (Phi) is 4.66. The van der Waals surface area contributed by atoms with Crippen LogP contribution in [0, 0.1) is 0 Å². The monoisotopic (exact) mass is 264 g/mol. The quantitative estimate of drug-likeness (QED) is 0.872. The molecule has 1 aromatic carbocycles. The van der Waals surface area contributed by atoms with Gasteiger partial charge in [-0.3, -0.25) is 0 Å². The molecular formula is C14H20N2OS. The molecule has 0 spiro atoms. The summed E-state index contributed by atoms with van der Waals surface area (Å²) in [7, 11) is 0. The summed E-state index contributed by atoms with van der Waals surface area (Å²) in [6.07, 6.45) is 3.73. The van der Waals surface area contributed by atoms with Gasteiger partial charge in [0.1, 0.15) is 5.82 Å². The minimum absolute atomic E-state index is 0.312. The van der Waals surface area contributed by atoms with Crippen LogP contribution in [-0.4, -0.2) is 32.8 Å². The van der Waals surface area contributed by atoms with Crippen molar-refractivity contribution in [2.45, 2.75) is 32.4 Å². The second-order valence-corrected chi connectivity index (χ2v) is 5.40. The van der Waals surface area contributed by atoms with Crippen LogP contribution in [0.25, 0.3) is 11.0 Å². The first-order valence-corrected chi connectivity index (χ1v) is 7.76. The third kappa shape index (κ3) is 2.87. The molecule has 0 saturated carbocycles. The number of hydrogen-bond acceptors (Lipinski definition) is 3.